The van der Waals surface area contributed by atoms with Crippen molar-refractivity contribution < 1.29 is 42.1 Å². The number of esters is 2. The standard InChI is InChI=1S/C54H96NO8P/c1-6-8-10-12-14-16-18-20-22-24-25-26-27-28-29-31-32-34-36-38-40-42-44-46-53(56)60-50-52(51-62-64(58,59)61-49-48-55(3,4)5)63-54(57)47-45-43-41-39-37-35-33-30-23-21-19-17-15-13-11-9-7-2/h9,11,15,17,21,23-25,33,35,39,41,52H,6-8,10,12-14,16,18-20,22,26-32,34,36-38,40,42-51H2,1-5H3/b11-9-,17-15-,23-21-,25-24-,35-33-,41-39-. The van der Waals surface area contributed by atoms with Crippen molar-refractivity contribution in [1.82, 2.24) is 0 Å². The van der Waals surface area contributed by atoms with Gasteiger partial charge < -0.3 is 27.9 Å². The lowest BCUT2D eigenvalue weighted by Gasteiger charge is -2.28. The highest BCUT2D eigenvalue weighted by molar-refractivity contribution is 7.45. The van der Waals surface area contributed by atoms with E-state index in [1.165, 1.54) is 116 Å². The molecule has 2 unspecified atom stereocenters. The molecule has 0 aromatic rings. The molecule has 10 heteroatoms. The molecule has 9 nitrogen and oxygen atoms in total. The summed E-state index contributed by atoms with van der Waals surface area (Å²) >= 11 is 0. The quantitative estimate of drug-likeness (QED) is 0.0195. The van der Waals surface area contributed by atoms with Gasteiger partial charge in [-0.1, -0.05) is 189 Å². The molecule has 0 heterocycles. The molecule has 0 spiro atoms. The van der Waals surface area contributed by atoms with Gasteiger partial charge >= 0.3 is 11.9 Å². The van der Waals surface area contributed by atoms with Crippen LogP contribution in [0.15, 0.2) is 72.9 Å². The topological polar surface area (TPSA) is 111 Å². The Bertz CT molecular complexity index is 1310. The van der Waals surface area contributed by atoms with Crippen LogP contribution in [0.25, 0.3) is 0 Å². The van der Waals surface area contributed by atoms with E-state index < -0.39 is 32.5 Å². The van der Waals surface area contributed by atoms with Gasteiger partial charge in [0.15, 0.2) is 6.10 Å². The Labute approximate surface area is 393 Å². The van der Waals surface area contributed by atoms with Gasteiger partial charge in [0.1, 0.15) is 19.8 Å². The molecule has 0 aliphatic heterocycles. The summed E-state index contributed by atoms with van der Waals surface area (Å²) in [4.78, 5) is 37.7. The summed E-state index contributed by atoms with van der Waals surface area (Å²) < 4.78 is 34.0. The number of phosphoric ester groups is 1. The first kappa shape index (κ1) is 61.5. The van der Waals surface area contributed by atoms with Crippen LogP contribution in [0.3, 0.4) is 0 Å². The Kier molecular flexibility index (Phi) is 43.8. The maximum absolute atomic E-state index is 12.7. The van der Waals surface area contributed by atoms with Crippen LogP contribution in [0.2, 0.25) is 0 Å². The summed E-state index contributed by atoms with van der Waals surface area (Å²) in [5, 5.41) is 0. The van der Waals surface area contributed by atoms with Crippen LogP contribution in [0.5, 0.6) is 0 Å². The van der Waals surface area contributed by atoms with E-state index >= 15 is 0 Å². The second-order valence-corrected chi connectivity index (χ2v) is 19.6. The lowest BCUT2D eigenvalue weighted by Crippen LogP contribution is -2.37. The molecule has 0 rings (SSSR count). The summed E-state index contributed by atoms with van der Waals surface area (Å²) in [6, 6.07) is 0. The minimum atomic E-state index is -4.65. The number of ether oxygens (including phenoxy) is 2. The zero-order chi connectivity index (χ0) is 47.1. The third kappa shape index (κ3) is 48.9. The molecule has 0 saturated carbocycles. The number of unbranched alkanes of at least 4 members (excludes halogenated alkanes) is 20. The first-order valence-corrected chi connectivity index (χ1v) is 27.1. The lowest BCUT2D eigenvalue weighted by molar-refractivity contribution is -0.870. The largest absolute Gasteiger partial charge is 0.756 e. The fourth-order valence-corrected chi connectivity index (χ4v) is 7.47. The molecule has 0 fully saturated rings. The molecule has 0 saturated heterocycles. The van der Waals surface area contributed by atoms with Crippen molar-refractivity contribution in [2.24, 2.45) is 0 Å². The Morgan fingerprint density at radius 3 is 1.39 bits per heavy atom. The predicted octanol–water partition coefficient (Wildman–Crippen LogP) is 14.7. The van der Waals surface area contributed by atoms with Gasteiger partial charge in [-0.25, -0.2) is 0 Å². The van der Waals surface area contributed by atoms with Crippen LogP contribution >= 0.6 is 7.82 Å². The van der Waals surface area contributed by atoms with Crippen molar-refractivity contribution in [3.63, 3.8) is 0 Å². The highest BCUT2D eigenvalue weighted by atomic mass is 31.2. The van der Waals surface area contributed by atoms with Crippen LogP contribution < -0.4 is 4.89 Å². The molecular weight excluding hydrogens is 822 g/mol. The van der Waals surface area contributed by atoms with Crippen molar-refractivity contribution in [1.29, 1.82) is 0 Å². The van der Waals surface area contributed by atoms with E-state index in [-0.39, 0.29) is 26.1 Å². The van der Waals surface area contributed by atoms with Gasteiger partial charge in [0, 0.05) is 12.8 Å². The van der Waals surface area contributed by atoms with Crippen LogP contribution in [0.4, 0.5) is 0 Å². The van der Waals surface area contributed by atoms with Crippen molar-refractivity contribution >= 4 is 19.8 Å². The number of rotatable bonds is 46. The van der Waals surface area contributed by atoms with E-state index in [2.05, 4.69) is 80.7 Å². The SMILES string of the molecule is CC/C=C\C/C=C\C/C=C\C/C=C\C/C=C\CCCC(=O)OC(COC(=O)CCCCCCCCCCCCC/C=C\CCCCCCCCCC)COP(=O)([O-])OCC[N+](C)(C)C. The molecule has 0 aliphatic rings. The molecule has 0 aromatic heterocycles. The molecule has 370 valence electrons. The molecule has 0 bridgehead atoms. The zero-order valence-electron chi connectivity index (χ0n) is 41.7. The third-order valence-electron chi connectivity index (χ3n) is 10.7. The normalized spacial score (nSPS) is 14.0. The Morgan fingerprint density at radius 2 is 0.906 bits per heavy atom. The van der Waals surface area contributed by atoms with E-state index in [1.54, 1.807) is 0 Å². The second-order valence-electron chi connectivity index (χ2n) is 18.1. The van der Waals surface area contributed by atoms with Gasteiger partial charge in [-0.05, 0) is 77.0 Å². The maximum atomic E-state index is 12.7. The molecule has 0 amide bonds. The van der Waals surface area contributed by atoms with Gasteiger partial charge in [0.25, 0.3) is 7.82 Å². The van der Waals surface area contributed by atoms with E-state index in [4.69, 9.17) is 18.5 Å². The fraction of sp³-hybridized carbons (Fsp3) is 0.741. The molecule has 64 heavy (non-hydrogen) atoms. The minimum absolute atomic E-state index is 0.0444. The monoisotopic (exact) mass is 918 g/mol. The number of phosphoric acid groups is 1. The van der Waals surface area contributed by atoms with Gasteiger partial charge in [-0.3, -0.25) is 14.2 Å². The Hall–Kier alpha value is -2.55. The average molecular weight is 918 g/mol. The number of hydrogen-bond acceptors (Lipinski definition) is 8. The molecule has 2 atom stereocenters. The zero-order valence-corrected chi connectivity index (χ0v) is 42.6. The van der Waals surface area contributed by atoms with Gasteiger partial charge in [-0.2, -0.15) is 0 Å². The summed E-state index contributed by atoms with van der Waals surface area (Å²) in [6.07, 6.45) is 58.1. The van der Waals surface area contributed by atoms with Gasteiger partial charge in [0.05, 0.1) is 27.7 Å². The highest BCUT2D eigenvalue weighted by Crippen LogP contribution is 2.38. The van der Waals surface area contributed by atoms with E-state index in [1.807, 2.05) is 27.2 Å². The fourth-order valence-electron chi connectivity index (χ4n) is 6.74. The summed E-state index contributed by atoms with van der Waals surface area (Å²) in [7, 11) is 1.12. The van der Waals surface area contributed by atoms with Crippen molar-refractivity contribution in [2.45, 2.75) is 213 Å². The Balaban J connectivity index is 4.30. The smallest absolute Gasteiger partial charge is 0.306 e. The number of nitrogens with zero attached hydrogens (tertiary/aromatic N) is 1. The molecule has 0 radical (unpaired) electrons. The number of carbonyl (C=O) groups excluding carboxylic acids is 2. The molecular formula is C54H96NO8P. The minimum Gasteiger partial charge on any atom is -0.756 e. The highest BCUT2D eigenvalue weighted by Gasteiger charge is 2.21. The van der Waals surface area contributed by atoms with E-state index in [0.29, 0.717) is 23.9 Å². The average Bonchev–Trinajstić information content (AvgIpc) is 3.25. The van der Waals surface area contributed by atoms with Crippen molar-refractivity contribution in [3.05, 3.63) is 72.9 Å². The second kappa shape index (κ2) is 45.6. The third-order valence-corrected chi connectivity index (χ3v) is 11.7. The van der Waals surface area contributed by atoms with Crippen molar-refractivity contribution in [2.75, 3.05) is 47.5 Å². The molecule has 0 aromatic carbocycles. The van der Waals surface area contributed by atoms with E-state index in [9.17, 15) is 19.0 Å². The first-order valence-electron chi connectivity index (χ1n) is 25.6. The summed E-state index contributed by atoms with van der Waals surface area (Å²) in [5.41, 5.74) is 0. The summed E-state index contributed by atoms with van der Waals surface area (Å²) in [6.45, 7) is 4.05. The lowest BCUT2D eigenvalue weighted by atomic mass is 10.0. The first-order chi connectivity index (χ1) is 31.0. The summed E-state index contributed by atoms with van der Waals surface area (Å²) in [5.74, 6) is -0.904. The van der Waals surface area contributed by atoms with Crippen LogP contribution in [-0.2, 0) is 32.7 Å². The van der Waals surface area contributed by atoms with Crippen LogP contribution in [-0.4, -0.2) is 70.0 Å². The molecule has 0 N–H and O–H groups in total. The van der Waals surface area contributed by atoms with E-state index in [0.717, 1.165) is 51.4 Å². The number of hydrogen-bond donors (Lipinski definition) is 0. The van der Waals surface area contributed by atoms with Gasteiger partial charge in [0.2, 0.25) is 0 Å². The van der Waals surface area contributed by atoms with Crippen molar-refractivity contribution in [3.8, 4) is 0 Å². The predicted molar refractivity (Wildman–Crippen MR) is 268 cm³/mol. The number of carbonyl (C=O) groups is 2. The van der Waals surface area contributed by atoms with Gasteiger partial charge in [-0.15, -0.1) is 0 Å². The number of allylic oxidation sites excluding steroid dienone is 12. The van der Waals surface area contributed by atoms with Crippen LogP contribution in [0, 0.1) is 0 Å². The number of likely N-dealkylation sites (N-methyl/N-ethyl adjacent to an activating group) is 1. The number of quaternary nitrogens is 1. The Morgan fingerprint density at radius 1 is 0.500 bits per heavy atom. The van der Waals surface area contributed by atoms with Crippen LogP contribution in [0.1, 0.15) is 206 Å². The molecule has 0 aliphatic carbocycles. The maximum Gasteiger partial charge on any atom is 0.306 e.